The molecule has 3 aliphatic rings. The van der Waals surface area contributed by atoms with E-state index in [1.807, 2.05) is 12.1 Å². The van der Waals surface area contributed by atoms with Gasteiger partial charge < -0.3 is 9.47 Å². The van der Waals surface area contributed by atoms with Gasteiger partial charge in [-0.05, 0) is 29.1 Å². The highest BCUT2D eigenvalue weighted by atomic mass is 16.5. The normalized spacial score (nSPS) is 16.1. The molecule has 3 heterocycles. The van der Waals surface area contributed by atoms with E-state index < -0.39 is 0 Å². The second-order valence-electron chi connectivity index (χ2n) is 9.55. The van der Waals surface area contributed by atoms with Gasteiger partial charge in [0.25, 0.3) is 6.71 Å². The molecule has 0 saturated carbocycles. The van der Waals surface area contributed by atoms with Crippen LogP contribution in [0.25, 0.3) is 0 Å². The van der Waals surface area contributed by atoms with E-state index in [1.54, 1.807) is 0 Å². The van der Waals surface area contributed by atoms with Crippen molar-refractivity contribution in [2.24, 2.45) is 0 Å². The largest absolute Gasteiger partial charge is 0.458 e. The number of rotatable bonds is 2. The molecule has 0 amide bonds. The van der Waals surface area contributed by atoms with Crippen LogP contribution in [-0.4, -0.2) is 17.5 Å². The van der Waals surface area contributed by atoms with E-state index in [-0.39, 0.29) is 12.8 Å². The molecule has 0 bridgehead atoms. The van der Waals surface area contributed by atoms with Crippen molar-refractivity contribution in [3.63, 3.8) is 0 Å². The molecule has 0 N–H and O–H groups in total. The third-order valence-electron chi connectivity index (χ3n) is 7.54. The van der Waals surface area contributed by atoms with Gasteiger partial charge in [0.2, 0.25) is 11.7 Å². The lowest BCUT2D eigenvalue weighted by Gasteiger charge is -2.32. The Morgan fingerprint density at radius 3 is 1.86 bits per heavy atom. The molecule has 1 unspecified atom stereocenters. The van der Waals surface area contributed by atoms with E-state index >= 15 is 0 Å². The molecule has 3 aliphatic heterocycles. The van der Waals surface area contributed by atoms with E-state index in [0.29, 0.717) is 0 Å². The number of nitrogens with zero attached hydrogens (tertiary/aromatic N) is 1. The van der Waals surface area contributed by atoms with E-state index in [1.165, 1.54) is 27.6 Å². The number of para-hydroxylation sites is 2. The molecule has 5 aromatic rings. The van der Waals surface area contributed by atoms with Crippen molar-refractivity contribution in [2.45, 2.75) is 6.04 Å². The predicted octanol–water partition coefficient (Wildman–Crippen LogP) is 5.28. The zero-order valence-electron chi connectivity index (χ0n) is 19.5. The van der Waals surface area contributed by atoms with Crippen LogP contribution in [0.3, 0.4) is 0 Å². The Balaban J connectivity index is 1.35. The Labute approximate surface area is 210 Å². The molecular weight excluding hydrogens is 441 g/mol. The monoisotopic (exact) mass is 462 g/mol. The van der Waals surface area contributed by atoms with Crippen molar-refractivity contribution >= 4 is 35.0 Å². The van der Waals surface area contributed by atoms with Gasteiger partial charge in [-0.25, -0.2) is 0 Å². The summed E-state index contributed by atoms with van der Waals surface area (Å²) in [4.78, 5) is 0. The summed E-state index contributed by atoms with van der Waals surface area (Å²) < 4.78 is 15.4. The summed E-state index contributed by atoms with van der Waals surface area (Å²) >= 11 is 0. The van der Waals surface area contributed by atoms with Gasteiger partial charge in [0.1, 0.15) is 23.0 Å². The second-order valence-corrected chi connectivity index (χ2v) is 9.55. The number of ether oxygens (including phenoxy) is 2. The fraction of sp³-hybridized carbons (Fsp3) is 0.0312. The average Bonchev–Trinajstić information content (AvgIpc) is 3.33. The average molecular weight is 462 g/mol. The van der Waals surface area contributed by atoms with Crippen molar-refractivity contribution in [1.82, 2.24) is 0 Å². The van der Waals surface area contributed by atoms with Crippen molar-refractivity contribution in [1.29, 1.82) is 0 Å². The Bertz CT molecular complexity index is 1640. The zero-order valence-corrected chi connectivity index (χ0v) is 19.5. The Hall–Kier alpha value is -4.57. The summed E-state index contributed by atoms with van der Waals surface area (Å²) in [6.07, 6.45) is 2.24. The van der Waals surface area contributed by atoms with Crippen LogP contribution in [0.4, 0.5) is 5.69 Å². The molecule has 4 heteroatoms. The van der Waals surface area contributed by atoms with E-state index in [0.717, 1.165) is 34.1 Å². The first-order chi connectivity index (χ1) is 17.8. The predicted molar refractivity (Wildman–Crippen MR) is 144 cm³/mol. The van der Waals surface area contributed by atoms with Gasteiger partial charge in [-0.2, -0.15) is 4.58 Å². The van der Waals surface area contributed by atoms with Crippen molar-refractivity contribution in [3.8, 4) is 23.0 Å². The molecule has 168 valence electrons. The molecule has 3 nitrogen and oxygen atoms in total. The fourth-order valence-electron chi connectivity index (χ4n) is 5.98. The minimum Gasteiger partial charge on any atom is -0.458 e. The molecule has 0 saturated heterocycles. The van der Waals surface area contributed by atoms with Crippen molar-refractivity contribution in [2.75, 3.05) is 0 Å². The summed E-state index contributed by atoms with van der Waals surface area (Å²) in [5, 5.41) is 0. The second kappa shape index (κ2) is 7.46. The summed E-state index contributed by atoms with van der Waals surface area (Å²) in [6, 6.07) is 40.4. The SMILES string of the molecule is C1=[N+](c2cc3c4c(c2)Oc2ccccc2B4c2ccccc2O3)C(c2ccccc2)c2ccccc21. The van der Waals surface area contributed by atoms with E-state index in [9.17, 15) is 0 Å². The van der Waals surface area contributed by atoms with Crippen LogP contribution >= 0.6 is 0 Å². The molecule has 8 rings (SSSR count). The highest BCUT2D eigenvalue weighted by Crippen LogP contribution is 2.42. The third-order valence-corrected chi connectivity index (χ3v) is 7.54. The summed E-state index contributed by atoms with van der Waals surface area (Å²) in [5.74, 6) is 3.53. The van der Waals surface area contributed by atoms with Crippen LogP contribution < -0.4 is 25.9 Å². The number of fused-ring (bicyclic) bond motifs is 5. The highest BCUT2D eigenvalue weighted by Gasteiger charge is 2.42. The van der Waals surface area contributed by atoms with Gasteiger partial charge in [-0.3, -0.25) is 0 Å². The first-order valence-electron chi connectivity index (χ1n) is 12.3. The van der Waals surface area contributed by atoms with Crippen LogP contribution in [0.5, 0.6) is 23.0 Å². The molecule has 5 aromatic carbocycles. The first-order valence-corrected chi connectivity index (χ1v) is 12.3. The van der Waals surface area contributed by atoms with Gasteiger partial charge >= 0.3 is 0 Å². The minimum atomic E-state index is 0.0789. The van der Waals surface area contributed by atoms with Gasteiger partial charge in [0.05, 0.1) is 12.1 Å². The molecule has 0 aliphatic carbocycles. The first kappa shape index (κ1) is 19.7. The zero-order chi connectivity index (χ0) is 23.6. The number of hydrogen-bond acceptors (Lipinski definition) is 2. The maximum atomic E-state index is 6.54. The number of benzene rings is 5. The Morgan fingerprint density at radius 1 is 0.583 bits per heavy atom. The Morgan fingerprint density at radius 2 is 1.17 bits per heavy atom. The third kappa shape index (κ3) is 2.79. The maximum absolute atomic E-state index is 6.54. The summed E-state index contributed by atoms with van der Waals surface area (Å²) in [6.45, 7) is 0.0867. The van der Waals surface area contributed by atoms with Crippen LogP contribution in [0.15, 0.2) is 115 Å². The van der Waals surface area contributed by atoms with Gasteiger partial charge in [0.15, 0.2) is 6.21 Å². The summed E-state index contributed by atoms with van der Waals surface area (Å²) in [5.41, 5.74) is 8.28. The van der Waals surface area contributed by atoms with Gasteiger partial charge in [-0.1, -0.05) is 84.9 Å². The minimum absolute atomic E-state index is 0.0789. The highest BCUT2D eigenvalue weighted by molar-refractivity contribution is 6.98. The Kier molecular flexibility index (Phi) is 4.09. The van der Waals surface area contributed by atoms with Gasteiger partial charge in [0, 0.05) is 22.2 Å². The molecule has 1 atom stereocenters. The van der Waals surface area contributed by atoms with E-state index in [2.05, 4.69) is 114 Å². The van der Waals surface area contributed by atoms with Gasteiger partial charge in [-0.15, -0.1) is 0 Å². The van der Waals surface area contributed by atoms with Crippen LogP contribution in [-0.2, 0) is 0 Å². The molecular formula is C32H21BNO2+. The topological polar surface area (TPSA) is 21.5 Å². The lowest BCUT2D eigenvalue weighted by Crippen LogP contribution is -2.57. The molecule has 0 radical (unpaired) electrons. The fourth-order valence-corrected chi connectivity index (χ4v) is 5.98. The molecule has 0 spiro atoms. The quantitative estimate of drug-likeness (QED) is 0.258. The van der Waals surface area contributed by atoms with Crippen LogP contribution in [0, 0.1) is 0 Å². The number of hydrogen-bond donors (Lipinski definition) is 0. The lowest BCUT2D eigenvalue weighted by molar-refractivity contribution is -0.469. The van der Waals surface area contributed by atoms with Crippen molar-refractivity contribution in [3.05, 3.63) is 132 Å². The molecule has 0 fully saturated rings. The summed E-state index contributed by atoms with van der Waals surface area (Å²) in [7, 11) is 0. The molecule has 0 aromatic heterocycles. The molecule has 36 heavy (non-hydrogen) atoms. The smallest absolute Gasteiger partial charge is 0.260 e. The van der Waals surface area contributed by atoms with Crippen LogP contribution in [0.2, 0.25) is 0 Å². The lowest BCUT2D eigenvalue weighted by atomic mass is 9.35. The maximum Gasteiger partial charge on any atom is 0.260 e. The van der Waals surface area contributed by atoms with Crippen molar-refractivity contribution < 1.29 is 14.0 Å². The van der Waals surface area contributed by atoms with Crippen LogP contribution in [0.1, 0.15) is 22.7 Å². The standard InChI is InChI=1S/C32H21BNO2/c1-2-10-21(11-3-1)32-24-13-5-4-12-22(24)20-34(32)23-18-29-31-30(19-23)36-28-17-9-7-15-26(28)33(31)25-14-6-8-16-27(25)35-29/h1-20,32H/q+1. The van der Waals surface area contributed by atoms with E-state index in [4.69, 9.17) is 9.47 Å².